The van der Waals surface area contributed by atoms with Crippen LogP contribution >= 0.6 is 0 Å². The van der Waals surface area contributed by atoms with E-state index in [9.17, 15) is 0 Å². The number of rotatable bonds is 2. The van der Waals surface area contributed by atoms with Gasteiger partial charge in [-0.05, 0) is 42.4 Å². The lowest BCUT2D eigenvalue weighted by atomic mass is 9.70. The third kappa shape index (κ3) is 3.23. The summed E-state index contributed by atoms with van der Waals surface area (Å²) in [7, 11) is 0. The SMILES string of the molecule is CC1CN(CC2CC(C)(C)CCC2N)CC1C. The van der Waals surface area contributed by atoms with Gasteiger partial charge in [0, 0.05) is 25.7 Å². The first kappa shape index (κ1) is 13.4. The maximum absolute atomic E-state index is 6.32. The predicted molar refractivity (Wildman–Crippen MR) is 73.9 cm³/mol. The molecule has 2 aliphatic rings. The lowest BCUT2D eigenvalue weighted by Crippen LogP contribution is -2.44. The Balaban J connectivity index is 1.89. The zero-order valence-corrected chi connectivity index (χ0v) is 12.1. The minimum Gasteiger partial charge on any atom is -0.327 e. The molecular weight excluding hydrogens is 208 g/mol. The fraction of sp³-hybridized carbons (Fsp3) is 1.00. The van der Waals surface area contributed by atoms with Gasteiger partial charge in [-0.25, -0.2) is 0 Å². The van der Waals surface area contributed by atoms with E-state index in [-0.39, 0.29) is 0 Å². The van der Waals surface area contributed by atoms with E-state index in [2.05, 4.69) is 32.6 Å². The number of nitrogens with zero attached hydrogens (tertiary/aromatic N) is 1. The van der Waals surface area contributed by atoms with Gasteiger partial charge < -0.3 is 10.6 Å². The van der Waals surface area contributed by atoms with Gasteiger partial charge in [-0.2, -0.15) is 0 Å². The van der Waals surface area contributed by atoms with Crippen LogP contribution in [0.2, 0.25) is 0 Å². The Kier molecular flexibility index (Phi) is 3.84. The molecule has 0 bridgehead atoms. The van der Waals surface area contributed by atoms with Crippen LogP contribution < -0.4 is 5.73 Å². The molecule has 1 saturated carbocycles. The first-order valence-corrected chi connectivity index (χ1v) is 7.35. The van der Waals surface area contributed by atoms with E-state index >= 15 is 0 Å². The molecule has 0 aromatic carbocycles. The predicted octanol–water partition coefficient (Wildman–Crippen LogP) is 2.73. The molecule has 1 heterocycles. The van der Waals surface area contributed by atoms with Crippen molar-refractivity contribution in [3.63, 3.8) is 0 Å². The molecule has 0 radical (unpaired) electrons. The molecule has 0 amide bonds. The lowest BCUT2D eigenvalue weighted by molar-refractivity contribution is 0.122. The van der Waals surface area contributed by atoms with Crippen molar-refractivity contribution in [1.82, 2.24) is 4.90 Å². The van der Waals surface area contributed by atoms with Crippen molar-refractivity contribution in [3.05, 3.63) is 0 Å². The molecule has 0 aromatic rings. The van der Waals surface area contributed by atoms with Gasteiger partial charge >= 0.3 is 0 Å². The molecule has 17 heavy (non-hydrogen) atoms. The van der Waals surface area contributed by atoms with Crippen LogP contribution in [0.5, 0.6) is 0 Å². The average molecular weight is 238 g/mol. The molecule has 2 N–H and O–H groups in total. The van der Waals surface area contributed by atoms with Crippen molar-refractivity contribution in [2.24, 2.45) is 28.9 Å². The number of hydrogen-bond acceptors (Lipinski definition) is 2. The molecule has 1 saturated heterocycles. The molecule has 2 fully saturated rings. The smallest absolute Gasteiger partial charge is 0.00797 e. The molecule has 2 nitrogen and oxygen atoms in total. The monoisotopic (exact) mass is 238 g/mol. The summed E-state index contributed by atoms with van der Waals surface area (Å²) < 4.78 is 0. The van der Waals surface area contributed by atoms with E-state index in [1.165, 1.54) is 38.9 Å². The zero-order valence-electron chi connectivity index (χ0n) is 12.1. The first-order valence-electron chi connectivity index (χ1n) is 7.35. The molecule has 2 heteroatoms. The Morgan fingerprint density at radius 1 is 1.18 bits per heavy atom. The molecular formula is C15H30N2. The number of nitrogens with two attached hydrogens (primary N) is 1. The van der Waals surface area contributed by atoms with Crippen LogP contribution in [0.15, 0.2) is 0 Å². The van der Waals surface area contributed by atoms with Crippen LogP contribution in [0.3, 0.4) is 0 Å². The van der Waals surface area contributed by atoms with Crippen LogP contribution in [0.4, 0.5) is 0 Å². The summed E-state index contributed by atoms with van der Waals surface area (Å²) in [6.07, 6.45) is 3.83. The lowest BCUT2D eigenvalue weighted by Gasteiger charge is -2.40. The summed E-state index contributed by atoms with van der Waals surface area (Å²) in [5.74, 6) is 2.45. The molecule has 0 aromatic heterocycles. The highest BCUT2D eigenvalue weighted by Crippen LogP contribution is 2.39. The number of likely N-dealkylation sites (tertiary alicyclic amines) is 1. The summed E-state index contributed by atoms with van der Waals surface area (Å²) in [6, 6.07) is 0.439. The van der Waals surface area contributed by atoms with Crippen molar-refractivity contribution >= 4 is 0 Å². The second kappa shape index (κ2) is 4.89. The molecule has 0 spiro atoms. The summed E-state index contributed by atoms with van der Waals surface area (Å²) in [5, 5.41) is 0. The quantitative estimate of drug-likeness (QED) is 0.801. The van der Waals surface area contributed by atoms with Crippen LogP contribution in [0.1, 0.15) is 47.0 Å². The summed E-state index contributed by atoms with van der Waals surface area (Å²) >= 11 is 0. The van der Waals surface area contributed by atoms with Crippen LogP contribution in [-0.4, -0.2) is 30.6 Å². The van der Waals surface area contributed by atoms with Gasteiger partial charge in [-0.15, -0.1) is 0 Å². The van der Waals surface area contributed by atoms with E-state index in [0.717, 1.165) is 17.8 Å². The van der Waals surface area contributed by atoms with E-state index in [1.807, 2.05) is 0 Å². The Labute approximate surface area is 107 Å². The Morgan fingerprint density at radius 2 is 1.76 bits per heavy atom. The van der Waals surface area contributed by atoms with Gasteiger partial charge in [-0.1, -0.05) is 27.7 Å². The Hall–Kier alpha value is -0.0800. The van der Waals surface area contributed by atoms with Crippen molar-refractivity contribution < 1.29 is 0 Å². The third-order valence-corrected chi connectivity index (χ3v) is 5.13. The third-order valence-electron chi connectivity index (χ3n) is 5.13. The fourth-order valence-corrected chi connectivity index (χ4v) is 3.69. The molecule has 1 aliphatic heterocycles. The van der Waals surface area contributed by atoms with Gasteiger partial charge in [0.25, 0.3) is 0 Å². The largest absolute Gasteiger partial charge is 0.327 e. The summed E-state index contributed by atoms with van der Waals surface area (Å²) in [4.78, 5) is 2.65. The van der Waals surface area contributed by atoms with E-state index in [0.29, 0.717) is 11.5 Å². The van der Waals surface area contributed by atoms with Crippen LogP contribution in [-0.2, 0) is 0 Å². The standard InChI is InChI=1S/C15H30N2/c1-11-8-17(9-12(11)2)10-13-7-15(3,4)6-5-14(13)16/h11-14H,5-10,16H2,1-4H3. The number of hydrogen-bond donors (Lipinski definition) is 1. The normalized spacial score (nSPS) is 42.9. The highest BCUT2D eigenvalue weighted by Gasteiger charge is 2.35. The second-order valence-electron chi connectivity index (χ2n) is 7.50. The minimum absolute atomic E-state index is 0.439. The van der Waals surface area contributed by atoms with Crippen molar-refractivity contribution in [2.45, 2.75) is 53.0 Å². The minimum atomic E-state index is 0.439. The van der Waals surface area contributed by atoms with Gasteiger partial charge in [0.15, 0.2) is 0 Å². The van der Waals surface area contributed by atoms with Crippen LogP contribution in [0, 0.1) is 23.2 Å². The van der Waals surface area contributed by atoms with Crippen molar-refractivity contribution in [3.8, 4) is 0 Å². The summed E-state index contributed by atoms with van der Waals surface area (Å²) in [5.41, 5.74) is 6.83. The fourth-order valence-electron chi connectivity index (χ4n) is 3.69. The van der Waals surface area contributed by atoms with E-state index < -0.39 is 0 Å². The molecule has 4 atom stereocenters. The molecule has 1 aliphatic carbocycles. The van der Waals surface area contributed by atoms with Gasteiger partial charge in [0.1, 0.15) is 0 Å². The van der Waals surface area contributed by atoms with Crippen molar-refractivity contribution in [2.75, 3.05) is 19.6 Å². The average Bonchev–Trinajstić information content (AvgIpc) is 2.52. The maximum Gasteiger partial charge on any atom is 0.00797 e. The zero-order chi connectivity index (χ0) is 12.6. The van der Waals surface area contributed by atoms with Crippen molar-refractivity contribution in [1.29, 1.82) is 0 Å². The Morgan fingerprint density at radius 3 is 2.35 bits per heavy atom. The van der Waals surface area contributed by atoms with Gasteiger partial charge in [0.05, 0.1) is 0 Å². The molecule has 2 rings (SSSR count). The van der Waals surface area contributed by atoms with E-state index in [4.69, 9.17) is 5.73 Å². The Bertz CT molecular complexity index is 252. The molecule has 4 unspecified atom stereocenters. The summed E-state index contributed by atoms with van der Waals surface area (Å²) in [6.45, 7) is 13.4. The highest BCUT2D eigenvalue weighted by atomic mass is 15.2. The van der Waals surface area contributed by atoms with Gasteiger partial charge in [0.2, 0.25) is 0 Å². The van der Waals surface area contributed by atoms with Crippen LogP contribution in [0.25, 0.3) is 0 Å². The topological polar surface area (TPSA) is 29.3 Å². The van der Waals surface area contributed by atoms with Gasteiger partial charge in [-0.3, -0.25) is 0 Å². The first-order chi connectivity index (χ1) is 7.87. The molecule has 100 valence electrons. The maximum atomic E-state index is 6.32. The second-order valence-corrected chi connectivity index (χ2v) is 7.50. The highest BCUT2D eigenvalue weighted by molar-refractivity contribution is 4.90. The van der Waals surface area contributed by atoms with E-state index in [1.54, 1.807) is 0 Å².